The van der Waals surface area contributed by atoms with E-state index >= 15 is 0 Å². The maximum atomic E-state index is 13.0. The Hall–Kier alpha value is -3.42. The van der Waals surface area contributed by atoms with Crippen molar-refractivity contribution in [2.75, 3.05) is 13.2 Å². The van der Waals surface area contributed by atoms with Crippen molar-refractivity contribution >= 4 is 22.7 Å². The van der Waals surface area contributed by atoms with Crippen LogP contribution in [-0.4, -0.2) is 52.3 Å². The summed E-state index contributed by atoms with van der Waals surface area (Å²) in [5.74, 6) is -1.24. The van der Waals surface area contributed by atoms with E-state index in [0.29, 0.717) is 19.3 Å². The number of rotatable bonds is 13. The molecule has 0 spiro atoms. The summed E-state index contributed by atoms with van der Waals surface area (Å²) in [6, 6.07) is 16.5. The molecule has 1 heterocycles. The number of hydrogen-bond donors (Lipinski definition) is 5. The van der Waals surface area contributed by atoms with Gasteiger partial charge in [-0.15, -0.1) is 6.58 Å². The van der Waals surface area contributed by atoms with E-state index in [-0.39, 0.29) is 31.4 Å². The number of H-pyrrole nitrogens is 1. The lowest BCUT2D eigenvalue weighted by atomic mass is 9.97. The van der Waals surface area contributed by atoms with Crippen LogP contribution < -0.4 is 10.6 Å². The maximum Gasteiger partial charge on any atom is 0.224 e. The number of para-hydroxylation sites is 1. The number of amides is 2. The molecule has 0 unspecified atom stereocenters. The van der Waals surface area contributed by atoms with Crippen LogP contribution in [0.4, 0.5) is 0 Å². The van der Waals surface area contributed by atoms with Crippen molar-refractivity contribution in [3.63, 3.8) is 0 Å². The quantitative estimate of drug-likeness (QED) is 0.251. The van der Waals surface area contributed by atoms with Gasteiger partial charge in [0.05, 0.1) is 31.2 Å². The molecule has 3 rings (SSSR count). The van der Waals surface area contributed by atoms with Crippen molar-refractivity contribution in [1.82, 2.24) is 15.6 Å². The molecule has 0 bridgehead atoms. The molecule has 2 amide bonds. The molecule has 3 aromatic rings. The third-order valence-corrected chi connectivity index (χ3v) is 5.87. The van der Waals surface area contributed by atoms with Gasteiger partial charge in [0.2, 0.25) is 11.8 Å². The number of aliphatic hydroxyl groups excluding tert-OH is 2. The minimum absolute atomic E-state index is 0.0334. The molecule has 7 nitrogen and oxygen atoms in total. The average molecular weight is 464 g/mol. The van der Waals surface area contributed by atoms with Crippen LogP contribution in [-0.2, 0) is 22.4 Å². The van der Waals surface area contributed by atoms with E-state index in [2.05, 4.69) is 22.2 Å². The lowest BCUT2D eigenvalue weighted by molar-refractivity contribution is -0.131. The summed E-state index contributed by atoms with van der Waals surface area (Å²) in [4.78, 5) is 28.8. The van der Waals surface area contributed by atoms with Gasteiger partial charge in [0, 0.05) is 23.5 Å². The highest BCUT2D eigenvalue weighted by atomic mass is 16.3. The molecule has 5 N–H and O–H groups in total. The summed E-state index contributed by atoms with van der Waals surface area (Å²) in [6.07, 6.45) is 4.75. The third kappa shape index (κ3) is 7.04. The second-order valence-electron chi connectivity index (χ2n) is 8.51. The Kier molecular flexibility index (Phi) is 9.43. The predicted molar refractivity (Wildman–Crippen MR) is 133 cm³/mol. The van der Waals surface area contributed by atoms with Crippen molar-refractivity contribution < 1.29 is 19.8 Å². The second kappa shape index (κ2) is 12.7. The molecule has 7 heteroatoms. The molecule has 0 aliphatic rings. The highest BCUT2D eigenvalue weighted by molar-refractivity contribution is 5.86. The molecule has 0 fully saturated rings. The van der Waals surface area contributed by atoms with Gasteiger partial charge in [-0.2, -0.15) is 0 Å². The zero-order valence-corrected chi connectivity index (χ0v) is 19.2. The van der Waals surface area contributed by atoms with Crippen LogP contribution in [0.5, 0.6) is 0 Å². The smallest absolute Gasteiger partial charge is 0.224 e. The molecule has 1 aromatic heterocycles. The van der Waals surface area contributed by atoms with Crippen molar-refractivity contribution in [3.05, 3.63) is 84.6 Å². The van der Waals surface area contributed by atoms with Crippen molar-refractivity contribution in [3.8, 4) is 0 Å². The fraction of sp³-hybridized carbons (Fsp3) is 0.333. The van der Waals surface area contributed by atoms with Gasteiger partial charge in [-0.05, 0) is 36.5 Å². The zero-order chi connectivity index (χ0) is 24.3. The first-order valence-corrected chi connectivity index (χ1v) is 11.5. The number of carbonyl (C=O) groups excluding carboxylic acids is 2. The van der Waals surface area contributed by atoms with Crippen molar-refractivity contribution in [2.24, 2.45) is 5.92 Å². The highest BCUT2D eigenvalue weighted by Gasteiger charge is 2.25. The Bertz CT molecular complexity index is 1080. The van der Waals surface area contributed by atoms with Crippen LogP contribution in [0.3, 0.4) is 0 Å². The monoisotopic (exact) mass is 463 g/mol. The largest absolute Gasteiger partial charge is 0.394 e. The summed E-state index contributed by atoms with van der Waals surface area (Å²) < 4.78 is 0. The number of benzene rings is 2. The number of hydrogen-bond acceptors (Lipinski definition) is 4. The number of fused-ring (bicyclic) bond motifs is 1. The first-order chi connectivity index (χ1) is 16.5. The molecule has 3 atom stereocenters. The standard InChI is InChI=1S/C27H33N3O4/c1-2-8-20(15-26(33)29-22(17-31)13-19-9-4-3-5-10-19)27(34)30-23(18-32)14-21-16-28-25-12-7-6-11-24(21)25/h2-7,9-12,16,20,22-23,28,31-32H,1,8,13-15,17-18H2,(H,29,33)(H,30,34)/t20-,22-,23-/m0/s1. The van der Waals surface area contributed by atoms with Crippen LogP contribution in [0.1, 0.15) is 24.0 Å². The van der Waals surface area contributed by atoms with Crippen LogP contribution in [0.15, 0.2) is 73.4 Å². The Morgan fingerprint density at radius 2 is 1.62 bits per heavy atom. The van der Waals surface area contributed by atoms with Crippen LogP contribution in [0.2, 0.25) is 0 Å². The first-order valence-electron chi connectivity index (χ1n) is 11.5. The van der Waals surface area contributed by atoms with E-state index in [0.717, 1.165) is 22.0 Å². The van der Waals surface area contributed by atoms with Gasteiger partial charge >= 0.3 is 0 Å². The van der Waals surface area contributed by atoms with E-state index < -0.39 is 18.0 Å². The minimum Gasteiger partial charge on any atom is -0.394 e. The van der Waals surface area contributed by atoms with Crippen molar-refractivity contribution in [2.45, 2.75) is 37.8 Å². The highest BCUT2D eigenvalue weighted by Crippen LogP contribution is 2.19. The van der Waals surface area contributed by atoms with Crippen LogP contribution in [0, 0.1) is 5.92 Å². The molecule has 0 aliphatic heterocycles. The average Bonchev–Trinajstić information content (AvgIpc) is 3.26. The van der Waals surface area contributed by atoms with Gasteiger partial charge in [0.1, 0.15) is 0 Å². The molecule has 0 saturated carbocycles. The second-order valence-corrected chi connectivity index (χ2v) is 8.51. The van der Waals surface area contributed by atoms with Gasteiger partial charge in [-0.25, -0.2) is 0 Å². The maximum absolute atomic E-state index is 13.0. The summed E-state index contributed by atoms with van der Waals surface area (Å²) in [7, 11) is 0. The molecule has 2 aromatic carbocycles. The Morgan fingerprint density at radius 3 is 2.32 bits per heavy atom. The Balaban J connectivity index is 1.58. The lowest BCUT2D eigenvalue weighted by Gasteiger charge is -2.22. The molecule has 0 aliphatic carbocycles. The number of nitrogens with one attached hydrogen (secondary N) is 3. The molecule has 34 heavy (non-hydrogen) atoms. The van der Waals surface area contributed by atoms with E-state index in [1.165, 1.54) is 0 Å². The minimum atomic E-state index is -0.620. The molecular formula is C27H33N3O4. The van der Waals surface area contributed by atoms with E-state index in [9.17, 15) is 19.8 Å². The van der Waals surface area contributed by atoms with E-state index in [1.807, 2.05) is 60.8 Å². The van der Waals surface area contributed by atoms with Crippen LogP contribution in [0.25, 0.3) is 10.9 Å². The summed E-state index contributed by atoms with van der Waals surface area (Å²) >= 11 is 0. The molecule has 0 radical (unpaired) electrons. The zero-order valence-electron chi connectivity index (χ0n) is 19.2. The lowest BCUT2D eigenvalue weighted by Crippen LogP contribution is -2.45. The number of allylic oxidation sites excluding steroid dienone is 1. The molecular weight excluding hydrogens is 430 g/mol. The number of aliphatic hydroxyl groups is 2. The predicted octanol–water partition coefficient (Wildman–Crippen LogP) is 2.49. The van der Waals surface area contributed by atoms with E-state index in [4.69, 9.17) is 0 Å². The van der Waals surface area contributed by atoms with E-state index in [1.54, 1.807) is 6.08 Å². The number of carbonyl (C=O) groups is 2. The van der Waals surface area contributed by atoms with Gasteiger partial charge in [0.25, 0.3) is 0 Å². The van der Waals surface area contributed by atoms with Crippen LogP contribution >= 0.6 is 0 Å². The van der Waals surface area contributed by atoms with Gasteiger partial charge in [0.15, 0.2) is 0 Å². The fourth-order valence-corrected chi connectivity index (χ4v) is 4.10. The molecule has 0 saturated heterocycles. The Labute approximate surface area is 199 Å². The number of aromatic amines is 1. The fourth-order valence-electron chi connectivity index (χ4n) is 4.10. The Morgan fingerprint density at radius 1 is 0.941 bits per heavy atom. The van der Waals surface area contributed by atoms with Gasteiger partial charge in [-0.3, -0.25) is 9.59 Å². The van der Waals surface area contributed by atoms with Gasteiger partial charge < -0.3 is 25.8 Å². The normalized spacial score (nSPS) is 13.7. The van der Waals surface area contributed by atoms with Crippen molar-refractivity contribution in [1.29, 1.82) is 0 Å². The summed E-state index contributed by atoms with van der Waals surface area (Å²) in [5, 5.41) is 26.3. The number of aromatic nitrogens is 1. The molecule has 180 valence electrons. The summed E-state index contributed by atoms with van der Waals surface area (Å²) in [5.41, 5.74) is 3.00. The third-order valence-electron chi connectivity index (χ3n) is 5.87. The first kappa shape index (κ1) is 25.2. The van der Waals surface area contributed by atoms with Gasteiger partial charge in [-0.1, -0.05) is 54.6 Å². The SMILES string of the molecule is C=CC[C@@H](CC(=O)N[C@H](CO)Cc1ccccc1)C(=O)N[C@H](CO)Cc1c[nH]c2ccccc12. The summed E-state index contributed by atoms with van der Waals surface area (Å²) in [6.45, 7) is 3.29. The topological polar surface area (TPSA) is 114 Å².